The van der Waals surface area contributed by atoms with Gasteiger partial charge in [0.2, 0.25) is 5.91 Å². The highest BCUT2D eigenvalue weighted by molar-refractivity contribution is 6.31. The molecule has 0 saturated carbocycles. The fourth-order valence-electron chi connectivity index (χ4n) is 3.88. The lowest BCUT2D eigenvalue weighted by Gasteiger charge is -2.20. The van der Waals surface area contributed by atoms with Crippen molar-refractivity contribution in [1.29, 1.82) is 0 Å². The number of nitrogens with zero attached hydrogens (tertiary/aromatic N) is 2. The van der Waals surface area contributed by atoms with Gasteiger partial charge in [-0.05, 0) is 55.8 Å². The molecule has 0 aliphatic heterocycles. The normalized spacial score (nSPS) is 11.8. The van der Waals surface area contributed by atoms with Crippen molar-refractivity contribution in [2.45, 2.75) is 19.9 Å². The number of nitrogens with one attached hydrogen (secondary N) is 1. The first-order valence-corrected chi connectivity index (χ1v) is 11.2. The number of hydrogen-bond acceptors (Lipinski definition) is 5. The Morgan fingerprint density at radius 1 is 0.971 bits per heavy atom. The summed E-state index contributed by atoms with van der Waals surface area (Å²) in [4.78, 5) is 40.2. The predicted octanol–water partition coefficient (Wildman–Crippen LogP) is 4.33. The second-order valence-corrected chi connectivity index (χ2v) is 8.39. The van der Waals surface area contributed by atoms with Gasteiger partial charge in [-0.25, -0.2) is 9.36 Å². The Balaban J connectivity index is 1.84. The van der Waals surface area contributed by atoms with Gasteiger partial charge in [0.25, 0.3) is 5.56 Å². The van der Waals surface area contributed by atoms with E-state index in [9.17, 15) is 14.4 Å². The lowest BCUT2D eigenvalue weighted by molar-refractivity contribution is -0.118. The molecule has 0 saturated heterocycles. The monoisotopic (exact) mass is 493 g/mol. The maximum absolute atomic E-state index is 13.6. The molecule has 0 fully saturated rings. The van der Waals surface area contributed by atoms with Crippen molar-refractivity contribution >= 4 is 34.1 Å². The molecule has 3 aromatic carbocycles. The van der Waals surface area contributed by atoms with Crippen LogP contribution in [0.3, 0.4) is 0 Å². The number of hydrogen-bond donors (Lipinski definition) is 1. The lowest BCUT2D eigenvalue weighted by Crippen LogP contribution is -2.42. The molecule has 180 valence electrons. The summed E-state index contributed by atoms with van der Waals surface area (Å²) in [5.74, 6) is 0.520. The van der Waals surface area contributed by atoms with E-state index in [1.807, 2.05) is 6.92 Å². The van der Waals surface area contributed by atoms with Gasteiger partial charge in [0, 0.05) is 16.8 Å². The number of carbonyl (C=O) groups is 1. The molecule has 0 aliphatic carbocycles. The van der Waals surface area contributed by atoms with Gasteiger partial charge in [-0.1, -0.05) is 29.8 Å². The molecule has 0 radical (unpaired) electrons. The van der Waals surface area contributed by atoms with Crippen LogP contribution in [-0.4, -0.2) is 29.3 Å². The largest absolute Gasteiger partial charge is 0.493 e. The summed E-state index contributed by atoms with van der Waals surface area (Å²) in [6.07, 6.45) is 0. The number of benzene rings is 3. The molecule has 1 heterocycles. The van der Waals surface area contributed by atoms with Gasteiger partial charge in [0.05, 0.1) is 30.8 Å². The number of aryl methyl sites for hydroxylation is 1. The van der Waals surface area contributed by atoms with E-state index >= 15 is 0 Å². The number of methoxy groups -OCH3 is 2. The summed E-state index contributed by atoms with van der Waals surface area (Å²) in [5.41, 5.74) is 0.815. The minimum absolute atomic E-state index is 0.301. The number of carbonyl (C=O) groups excluding carboxylic acids is 1. The van der Waals surface area contributed by atoms with Gasteiger partial charge >= 0.3 is 5.69 Å². The predicted molar refractivity (Wildman–Crippen MR) is 136 cm³/mol. The van der Waals surface area contributed by atoms with E-state index in [0.717, 1.165) is 10.1 Å². The van der Waals surface area contributed by atoms with E-state index in [0.29, 0.717) is 38.8 Å². The third-order valence-electron chi connectivity index (χ3n) is 5.83. The molecule has 1 N–H and O–H groups in total. The Bertz CT molecular complexity index is 1560. The molecule has 4 rings (SSSR count). The molecule has 0 aliphatic rings. The highest BCUT2D eigenvalue weighted by atomic mass is 35.5. The number of fused-ring (bicyclic) bond motifs is 1. The Kier molecular flexibility index (Phi) is 6.66. The van der Waals surface area contributed by atoms with E-state index in [2.05, 4.69) is 5.32 Å². The van der Waals surface area contributed by atoms with Crippen LogP contribution in [0.15, 0.2) is 70.3 Å². The molecule has 1 amide bonds. The molecule has 1 aromatic heterocycles. The summed E-state index contributed by atoms with van der Waals surface area (Å²) in [5, 5.41) is 3.53. The SMILES string of the molecule is COc1ccc(NC(=O)C(C)n2c(=O)n(-c3ccc(C)c(Cl)c3)c(=O)c3ccccc32)cc1OC. The van der Waals surface area contributed by atoms with E-state index in [4.69, 9.17) is 21.1 Å². The second-order valence-electron chi connectivity index (χ2n) is 7.98. The van der Waals surface area contributed by atoms with Crippen molar-refractivity contribution < 1.29 is 14.3 Å². The molecular weight excluding hydrogens is 470 g/mol. The quantitative estimate of drug-likeness (QED) is 0.431. The van der Waals surface area contributed by atoms with E-state index in [1.165, 1.54) is 18.8 Å². The molecular formula is C26H24ClN3O5. The van der Waals surface area contributed by atoms with Crippen molar-refractivity contribution in [1.82, 2.24) is 9.13 Å². The zero-order valence-corrected chi connectivity index (χ0v) is 20.4. The average Bonchev–Trinajstić information content (AvgIpc) is 2.86. The molecule has 1 atom stereocenters. The molecule has 1 unspecified atom stereocenters. The molecule has 9 heteroatoms. The molecule has 0 spiro atoms. The standard InChI is InChI=1S/C26H24ClN3O5/c1-15-9-11-18(14-20(15)27)30-25(32)19-7-5-6-8-21(19)29(26(30)33)16(2)24(31)28-17-10-12-22(34-3)23(13-17)35-4/h5-14,16H,1-4H3,(H,28,31). The smallest absolute Gasteiger partial charge is 0.336 e. The fraction of sp³-hybridized carbons (Fsp3) is 0.192. The van der Waals surface area contributed by atoms with E-state index in [-0.39, 0.29) is 0 Å². The topological polar surface area (TPSA) is 91.6 Å². The Labute approximate surface area is 206 Å². The zero-order valence-electron chi connectivity index (χ0n) is 19.7. The Hall–Kier alpha value is -4.04. The van der Waals surface area contributed by atoms with Crippen LogP contribution < -0.4 is 26.0 Å². The van der Waals surface area contributed by atoms with Crippen molar-refractivity contribution in [3.63, 3.8) is 0 Å². The summed E-state index contributed by atoms with van der Waals surface area (Å²) >= 11 is 6.27. The first-order chi connectivity index (χ1) is 16.8. The number of anilines is 1. The number of rotatable bonds is 6. The summed E-state index contributed by atoms with van der Waals surface area (Å²) in [6, 6.07) is 15.6. The van der Waals surface area contributed by atoms with Gasteiger partial charge in [-0.2, -0.15) is 0 Å². The van der Waals surface area contributed by atoms with Crippen molar-refractivity contribution in [3.8, 4) is 17.2 Å². The number of aromatic nitrogens is 2. The second kappa shape index (κ2) is 9.68. The maximum Gasteiger partial charge on any atom is 0.336 e. The van der Waals surface area contributed by atoms with Crippen LogP contribution in [-0.2, 0) is 4.79 Å². The third kappa shape index (κ3) is 4.40. The summed E-state index contributed by atoms with van der Waals surface area (Å²) in [6.45, 7) is 3.43. The lowest BCUT2D eigenvalue weighted by atomic mass is 10.2. The van der Waals surface area contributed by atoms with Gasteiger partial charge in [0.15, 0.2) is 11.5 Å². The Morgan fingerprint density at radius 2 is 1.69 bits per heavy atom. The maximum atomic E-state index is 13.6. The van der Waals surface area contributed by atoms with Crippen LogP contribution in [0.2, 0.25) is 5.02 Å². The molecule has 4 aromatic rings. The van der Waals surface area contributed by atoms with Crippen LogP contribution in [0.5, 0.6) is 11.5 Å². The molecule has 35 heavy (non-hydrogen) atoms. The van der Waals surface area contributed by atoms with Crippen LogP contribution in [0.25, 0.3) is 16.6 Å². The van der Waals surface area contributed by atoms with Crippen LogP contribution in [0, 0.1) is 6.92 Å². The number of para-hydroxylation sites is 1. The molecule has 0 bridgehead atoms. The van der Waals surface area contributed by atoms with Crippen molar-refractivity contribution in [2.75, 3.05) is 19.5 Å². The average molecular weight is 494 g/mol. The van der Waals surface area contributed by atoms with E-state index in [1.54, 1.807) is 67.6 Å². The van der Waals surface area contributed by atoms with Crippen LogP contribution in [0.1, 0.15) is 18.5 Å². The summed E-state index contributed by atoms with van der Waals surface area (Å²) < 4.78 is 12.9. The first kappa shape index (κ1) is 24.1. The van der Waals surface area contributed by atoms with Gasteiger partial charge in [0.1, 0.15) is 6.04 Å². The highest BCUT2D eigenvalue weighted by Crippen LogP contribution is 2.30. The fourth-order valence-corrected chi connectivity index (χ4v) is 4.06. The number of ether oxygens (including phenoxy) is 2. The van der Waals surface area contributed by atoms with Crippen molar-refractivity contribution in [2.24, 2.45) is 0 Å². The minimum Gasteiger partial charge on any atom is -0.493 e. The van der Waals surface area contributed by atoms with Gasteiger partial charge in [-0.3, -0.25) is 14.2 Å². The highest BCUT2D eigenvalue weighted by Gasteiger charge is 2.23. The third-order valence-corrected chi connectivity index (χ3v) is 6.23. The number of halogens is 1. The van der Waals surface area contributed by atoms with E-state index < -0.39 is 23.2 Å². The van der Waals surface area contributed by atoms with Gasteiger partial charge in [-0.15, -0.1) is 0 Å². The van der Waals surface area contributed by atoms with Gasteiger partial charge < -0.3 is 14.8 Å². The first-order valence-electron chi connectivity index (χ1n) is 10.8. The van der Waals surface area contributed by atoms with Crippen LogP contribution >= 0.6 is 11.6 Å². The summed E-state index contributed by atoms with van der Waals surface area (Å²) in [7, 11) is 3.02. The zero-order chi connectivity index (χ0) is 25.3. The van der Waals surface area contributed by atoms with Crippen molar-refractivity contribution in [3.05, 3.63) is 92.1 Å². The van der Waals surface area contributed by atoms with Crippen LogP contribution in [0.4, 0.5) is 5.69 Å². The molecule has 8 nitrogen and oxygen atoms in total. The minimum atomic E-state index is -0.951. The number of amides is 1. The Morgan fingerprint density at radius 3 is 2.37 bits per heavy atom.